The monoisotopic (exact) mass is 155 g/mol. The highest BCUT2D eigenvalue weighted by Crippen LogP contribution is 2.17. The molecule has 1 heteroatoms. The molecule has 0 saturated carbocycles. The molecule has 0 aliphatic carbocycles. The van der Waals surface area contributed by atoms with Gasteiger partial charge in [-0.25, -0.2) is 0 Å². The number of hydrogen-bond donors (Lipinski definition) is 1. The third-order valence-corrected chi connectivity index (χ3v) is 2.60. The predicted octanol–water partition coefficient (Wildman–Crippen LogP) is 2.56. The van der Waals surface area contributed by atoms with Crippen LogP contribution in [0.4, 0.5) is 0 Å². The second-order valence-electron chi connectivity index (χ2n) is 3.94. The maximum absolute atomic E-state index is 3.57. The highest BCUT2D eigenvalue weighted by Gasteiger charge is 2.19. The van der Waals surface area contributed by atoms with Gasteiger partial charge in [0.05, 0.1) is 0 Å². The van der Waals surface area contributed by atoms with Crippen molar-refractivity contribution >= 4 is 0 Å². The van der Waals surface area contributed by atoms with Crippen molar-refractivity contribution < 1.29 is 0 Å². The fourth-order valence-electron chi connectivity index (χ4n) is 1.88. The van der Waals surface area contributed by atoms with E-state index in [0.717, 1.165) is 12.0 Å². The zero-order valence-electron chi connectivity index (χ0n) is 7.90. The van der Waals surface area contributed by atoms with Gasteiger partial charge in [0, 0.05) is 6.04 Å². The molecule has 0 radical (unpaired) electrons. The minimum atomic E-state index is 0.844. The summed E-state index contributed by atoms with van der Waals surface area (Å²) in [5, 5.41) is 3.57. The van der Waals surface area contributed by atoms with Crippen LogP contribution in [-0.4, -0.2) is 12.6 Å². The van der Waals surface area contributed by atoms with Crippen LogP contribution in [-0.2, 0) is 0 Å². The largest absolute Gasteiger partial charge is 0.314 e. The van der Waals surface area contributed by atoms with E-state index in [9.17, 15) is 0 Å². The van der Waals surface area contributed by atoms with Gasteiger partial charge in [0.25, 0.3) is 0 Å². The molecule has 1 saturated heterocycles. The zero-order valence-corrected chi connectivity index (χ0v) is 7.90. The number of hydrogen-bond acceptors (Lipinski definition) is 1. The fourth-order valence-corrected chi connectivity index (χ4v) is 1.88. The van der Waals surface area contributed by atoms with Crippen LogP contribution in [0.25, 0.3) is 0 Å². The third kappa shape index (κ3) is 3.24. The standard InChI is InChI=1S/C10H21N/c1-3-4-5-6-10-7-9(2)8-11-10/h9-11H,3-8H2,1-2H3. The van der Waals surface area contributed by atoms with Crippen LogP contribution in [0.15, 0.2) is 0 Å². The molecule has 0 bridgehead atoms. The van der Waals surface area contributed by atoms with E-state index in [1.54, 1.807) is 0 Å². The number of rotatable bonds is 4. The van der Waals surface area contributed by atoms with E-state index in [-0.39, 0.29) is 0 Å². The first-order valence-electron chi connectivity index (χ1n) is 5.06. The summed E-state index contributed by atoms with van der Waals surface area (Å²) < 4.78 is 0. The number of nitrogens with one attached hydrogen (secondary N) is 1. The highest BCUT2D eigenvalue weighted by molar-refractivity contribution is 4.78. The Balaban J connectivity index is 1.99. The summed E-state index contributed by atoms with van der Waals surface area (Å²) in [4.78, 5) is 0. The summed E-state index contributed by atoms with van der Waals surface area (Å²) in [6.45, 7) is 5.86. The molecule has 2 unspecified atom stereocenters. The summed E-state index contributed by atoms with van der Waals surface area (Å²) in [7, 11) is 0. The first kappa shape index (κ1) is 9.05. The summed E-state index contributed by atoms with van der Waals surface area (Å²) in [6.07, 6.45) is 6.98. The molecule has 1 rings (SSSR count). The lowest BCUT2D eigenvalue weighted by Crippen LogP contribution is -2.20. The summed E-state index contributed by atoms with van der Waals surface area (Å²) >= 11 is 0. The molecule has 1 fully saturated rings. The Bertz CT molecular complexity index is 101. The van der Waals surface area contributed by atoms with Crippen LogP contribution >= 0.6 is 0 Å². The van der Waals surface area contributed by atoms with Crippen LogP contribution in [0.2, 0.25) is 0 Å². The first-order valence-corrected chi connectivity index (χ1v) is 5.06. The van der Waals surface area contributed by atoms with Gasteiger partial charge in [-0.1, -0.05) is 33.1 Å². The average Bonchev–Trinajstić information content (AvgIpc) is 2.37. The van der Waals surface area contributed by atoms with Crippen molar-refractivity contribution in [3.05, 3.63) is 0 Å². The topological polar surface area (TPSA) is 12.0 Å². The molecule has 0 spiro atoms. The van der Waals surface area contributed by atoms with Crippen LogP contribution in [0.3, 0.4) is 0 Å². The Labute approximate surface area is 70.6 Å². The van der Waals surface area contributed by atoms with Gasteiger partial charge in [0.2, 0.25) is 0 Å². The van der Waals surface area contributed by atoms with Gasteiger partial charge in [-0.3, -0.25) is 0 Å². The molecule has 0 aromatic rings. The molecule has 1 nitrogen and oxygen atoms in total. The van der Waals surface area contributed by atoms with Crippen molar-refractivity contribution in [1.82, 2.24) is 5.32 Å². The van der Waals surface area contributed by atoms with Crippen molar-refractivity contribution in [2.75, 3.05) is 6.54 Å². The number of unbranched alkanes of at least 4 members (excludes halogenated alkanes) is 2. The van der Waals surface area contributed by atoms with Gasteiger partial charge in [0.15, 0.2) is 0 Å². The van der Waals surface area contributed by atoms with Crippen LogP contribution in [0.1, 0.15) is 46.0 Å². The average molecular weight is 155 g/mol. The van der Waals surface area contributed by atoms with Gasteiger partial charge in [-0.15, -0.1) is 0 Å². The lowest BCUT2D eigenvalue weighted by atomic mass is 10.0. The van der Waals surface area contributed by atoms with E-state index in [1.165, 1.54) is 38.6 Å². The maximum atomic E-state index is 3.57. The molecule has 2 atom stereocenters. The lowest BCUT2D eigenvalue weighted by molar-refractivity contribution is 0.510. The van der Waals surface area contributed by atoms with E-state index >= 15 is 0 Å². The molecule has 0 amide bonds. The van der Waals surface area contributed by atoms with E-state index in [4.69, 9.17) is 0 Å². The minimum absolute atomic E-state index is 0.844. The quantitative estimate of drug-likeness (QED) is 0.615. The Morgan fingerprint density at radius 3 is 2.73 bits per heavy atom. The van der Waals surface area contributed by atoms with Crippen LogP contribution in [0, 0.1) is 5.92 Å². The molecular formula is C10H21N. The Morgan fingerprint density at radius 2 is 2.18 bits per heavy atom. The highest BCUT2D eigenvalue weighted by atomic mass is 14.9. The summed E-state index contributed by atoms with van der Waals surface area (Å²) in [5.41, 5.74) is 0. The van der Waals surface area contributed by atoms with Crippen molar-refractivity contribution in [3.8, 4) is 0 Å². The Kier molecular flexibility index (Phi) is 3.92. The molecule has 1 aliphatic rings. The predicted molar refractivity (Wildman–Crippen MR) is 49.7 cm³/mol. The Hall–Kier alpha value is -0.0400. The van der Waals surface area contributed by atoms with E-state index in [2.05, 4.69) is 19.2 Å². The zero-order chi connectivity index (χ0) is 8.10. The van der Waals surface area contributed by atoms with Gasteiger partial charge < -0.3 is 5.32 Å². The van der Waals surface area contributed by atoms with E-state index in [0.29, 0.717) is 0 Å². The molecule has 1 aliphatic heterocycles. The lowest BCUT2D eigenvalue weighted by Gasteiger charge is -2.08. The van der Waals surface area contributed by atoms with Crippen molar-refractivity contribution in [2.24, 2.45) is 5.92 Å². The van der Waals surface area contributed by atoms with Gasteiger partial charge in [-0.2, -0.15) is 0 Å². The first-order chi connectivity index (χ1) is 5.33. The Morgan fingerprint density at radius 1 is 1.36 bits per heavy atom. The fraction of sp³-hybridized carbons (Fsp3) is 1.00. The van der Waals surface area contributed by atoms with E-state index < -0.39 is 0 Å². The smallest absolute Gasteiger partial charge is 0.00701 e. The summed E-state index contributed by atoms with van der Waals surface area (Å²) in [5.74, 6) is 0.918. The van der Waals surface area contributed by atoms with Gasteiger partial charge in [-0.05, 0) is 25.3 Å². The molecule has 0 aromatic heterocycles. The maximum Gasteiger partial charge on any atom is 0.00701 e. The molecule has 1 N–H and O–H groups in total. The SMILES string of the molecule is CCCCCC1CC(C)CN1. The third-order valence-electron chi connectivity index (χ3n) is 2.60. The second kappa shape index (κ2) is 4.76. The molecular weight excluding hydrogens is 134 g/mol. The van der Waals surface area contributed by atoms with Crippen molar-refractivity contribution in [3.63, 3.8) is 0 Å². The summed E-state index contributed by atoms with van der Waals surface area (Å²) in [6, 6.07) is 0.844. The van der Waals surface area contributed by atoms with Crippen LogP contribution < -0.4 is 5.32 Å². The van der Waals surface area contributed by atoms with E-state index in [1.807, 2.05) is 0 Å². The normalized spacial score (nSPS) is 31.1. The minimum Gasteiger partial charge on any atom is -0.314 e. The van der Waals surface area contributed by atoms with Gasteiger partial charge in [0.1, 0.15) is 0 Å². The molecule has 0 aromatic carbocycles. The second-order valence-corrected chi connectivity index (χ2v) is 3.94. The molecule has 1 heterocycles. The van der Waals surface area contributed by atoms with Gasteiger partial charge >= 0.3 is 0 Å². The molecule has 66 valence electrons. The van der Waals surface area contributed by atoms with Crippen molar-refractivity contribution in [2.45, 2.75) is 52.0 Å². The molecule has 11 heavy (non-hydrogen) atoms. The van der Waals surface area contributed by atoms with Crippen LogP contribution in [0.5, 0.6) is 0 Å². The van der Waals surface area contributed by atoms with Crippen molar-refractivity contribution in [1.29, 1.82) is 0 Å².